The molecule has 0 bridgehead atoms. The maximum absolute atomic E-state index is 14.0. The van der Waals surface area contributed by atoms with Crippen molar-refractivity contribution in [3.63, 3.8) is 0 Å². The van der Waals surface area contributed by atoms with E-state index in [1.165, 1.54) is 15.9 Å². The molecule has 0 spiro atoms. The summed E-state index contributed by atoms with van der Waals surface area (Å²) < 4.78 is 0. The number of rotatable bonds is 6. The molecule has 2 atom stereocenters. The minimum absolute atomic E-state index is 0.0208. The fourth-order valence-electron chi connectivity index (χ4n) is 5.32. The molecule has 39 heavy (non-hydrogen) atoms. The molecule has 10 nitrogen and oxygen atoms in total. The normalized spacial score (nSPS) is 18.6. The van der Waals surface area contributed by atoms with Gasteiger partial charge in [0, 0.05) is 41.8 Å². The highest BCUT2D eigenvalue weighted by molar-refractivity contribution is 6.42. The first-order chi connectivity index (χ1) is 18.7. The molecule has 4 amide bonds. The van der Waals surface area contributed by atoms with Crippen molar-refractivity contribution in [3.8, 4) is 0 Å². The third-order valence-corrected chi connectivity index (χ3v) is 7.94. The third kappa shape index (κ3) is 5.53. The molecule has 12 heteroatoms. The van der Waals surface area contributed by atoms with Gasteiger partial charge in [0.05, 0.1) is 23.0 Å². The van der Waals surface area contributed by atoms with Gasteiger partial charge in [-0.15, -0.1) is 0 Å². The van der Waals surface area contributed by atoms with E-state index >= 15 is 0 Å². The Labute approximate surface area is 234 Å². The molecular weight excluding hydrogens is 545 g/mol. The van der Waals surface area contributed by atoms with E-state index in [1.54, 1.807) is 12.1 Å². The number of anilines is 1. The van der Waals surface area contributed by atoms with E-state index in [2.05, 4.69) is 15.6 Å². The number of halogens is 2. The number of carbonyl (C=O) groups is 4. The van der Waals surface area contributed by atoms with Crippen LogP contribution in [0.3, 0.4) is 0 Å². The third-order valence-electron chi connectivity index (χ3n) is 7.20. The molecule has 3 heterocycles. The summed E-state index contributed by atoms with van der Waals surface area (Å²) in [6.07, 6.45) is 1.16. The molecule has 0 radical (unpaired) electrons. The number of urea groups is 1. The average molecular weight is 572 g/mol. The molecule has 2 aliphatic heterocycles. The number of aromatic amines is 1. The Morgan fingerprint density at radius 2 is 1.82 bits per heavy atom. The SMILES string of the molecule is O=C(O)CCNC(=O)[C@@H]1CCCN1C(=O)[C@H]1Cc2c([nH]c3ccccc23)CN1C(=O)Nc1ccc(Cl)c(Cl)c1. The minimum Gasteiger partial charge on any atom is -0.481 e. The highest BCUT2D eigenvalue weighted by Crippen LogP contribution is 2.33. The van der Waals surface area contributed by atoms with Gasteiger partial charge in [0.1, 0.15) is 12.1 Å². The number of aromatic nitrogens is 1. The van der Waals surface area contributed by atoms with Crippen LogP contribution in [0.2, 0.25) is 10.0 Å². The number of para-hydroxylation sites is 1. The number of H-pyrrole nitrogens is 1. The largest absolute Gasteiger partial charge is 0.481 e. The fourth-order valence-corrected chi connectivity index (χ4v) is 5.61. The number of fused-ring (bicyclic) bond motifs is 3. The van der Waals surface area contributed by atoms with Crippen molar-refractivity contribution >= 4 is 63.6 Å². The quantitative estimate of drug-likeness (QED) is 0.354. The van der Waals surface area contributed by atoms with Crippen LogP contribution in [0.15, 0.2) is 42.5 Å². The molecule has 1 saturated heterocycles. The van der Waals surface area contributed by atoms with Gasteiger partial charge in [-0.05, 0) is 42.7 Å². The van der Waals surface area contributed by atoms with E-state index in [4.69, 9.17) is 28.3 Å². The smallest absolute Gasteiger partial charge is 0.322 e. The Kier molecular flexibility index (Phi) is 7.67. The molecule has 5 rings (SSSR count). The van der Waals surface area contributed by atoms with Gasteiger partial charge in [-0.3, -0.25) is 14.4 Å². The lowest BCUT2D eigenvalue weighted by atomic mass is 9.95. The van der Waals surface area contributed by atoms with Crippen LogP contribution in [0.5, 0.6) is 0 Å². The van der Waals surface area contributed by atoms with Crippen LogP contribution in [-0.4, -0.2) is 68.9 Å². The molecule has 204 valence electrons. The highest BCUT2D eigenvalue weighted by atomic mass is 35.5. The molecule has 2 aromatic carbocycles. The number of likely N-dealkylation sites (tertiary alicyclic amines) is 1. The molecule has 3 aromatic rings. The van der Waals surface area contributed by atoms with Gasteiger partial charge < -0.3 is 30.5 Å². The summed E-state index contributed by atoms with van der Waals surface area (Å²) in [4.78, 5) is 57.6. The monoisotopic (exact) mass is 571 g/mol. The molecule has 0 saturated carbocycles. The van der Waals surface area contributed by atoms with E-state index in [0.717, 1.165) is 22.2 Å². The number of aliphatic carboxylic acids is 1. The lowest BCUT2D eigenvalue weighted by molar-refractivity contribution is -0.142. The number of carbonyl (C=O) groups excluding carboxylic acids is 3. The van der Waals surface area contributed by atoms with E-state index in [1.807, 2.05) is 24.3 Å². The summed E-state index contributed by atoms with van der Waals surface area (Å²) in [5.74, 6) is -1.74. The topological polar surface area (TPSA) is 135 Å². The molecule has 0 aliphatic carbocycles. The van der Waals surface area contributed by atoms with E-state index in [-0.39, 0.29) is 36.9 Å². The summed E-state index contributed by atoms with van der Waals surface area (Å²) in [5.41, 5.74) is 3.15. The molecule has 4 N–H and O–H groups in total. The Morgan fingerprint density at radius 1 is 1.03 bits per heavy atom. The summed E-state index contributed by atoms with van der Waals surface area (Å²) in [5, 5.41) is 15.9. The van der Waals surface area contributed by atoms with Crippen molar-refractivity contribution in [2.24, 2.45) is 0 Å². The number of benzene rings is 2. The Bertz CT molecular complexity index is 1460. The van der Waals surface area contributed by atoms with Gasteiger partial charge in [-0.1, -0.05) is 41.4 Å². The van der Waals surface area contributed by atoms with Crippen LogP contribution in [0.1, 0.15) is 30.5 Å². The fraction of sp³-hybridized carbons (Fsp3) is 0.333. The van der Waals surface area contributed by atoms with Crippen molar-refractivity contribution < 1.29 is 24.3 Å². The number of carboxylic acids is 1. The number of hydrogen-bond acceptors (Lipinski definition) is 4. The predicted octanol–water partition coefficient (Wildman–Crippen LogP) is 4.02. The second-order valence-corrected chi connectivity index (χ2v) is 10.5. The first kappa shape index (κ1) is 26.8. The second-order valence-electron chi connectivity index (χ2n) is 9.66. The van der Waals surface area contributed by atoms with Gasteiger partial charge in [0.2, 0.25) is 11.8 Å². The van der Waals surface area contributed by atoms with Gasteiger partial charge in [-0.25, -0.2) is 4.79 Å². The lowest BCUT2D eigenvalue weighted by Crippen LogP contribution is -2.57. The molecule has 1 aromatic heterocycles. The zero-order chi connectivity index (χ0) is 27.7. The highest BCUT2D eigenvalue weighted by Gasteiger charge is 2.43. The molecule has 1 fully saturated rings. The predicted molar refractivity (Wildman–Crippen MR) is 147 cm³/mol. The maximum Gasteiger partial charge on any atom is 0.322 e. The van der Waals surface area contributed by atoms with Crippen LogP contribution in [0.25, 0.3) is 10.9 Å². The zero-order valence-corrected chi connectivity index (χ0v) is 22.4. The van der Waals surface area contributed by atoms with Crippen LogP contribution in [-0.2, 0) is 27.3 Å². The van der Waals surface area contributed by atoms with E-state index in [9.17, 15) is 19.2 Å². The van der Waals surface area contributed by atoms with Crippen LogP contribution >= 0.6 is 23.2 Å². The van der Waals surface area contributed by atoms with E-state index in [0.29, 0.717) is 30.1 Å². The van der Waals surface area contributed by atoms with Crippen LogP contribution < -0.4 is 10.6 Å². The van der Waals surface area contributed by atoms with Crippen molar-refractivity contribution in [1.29, 1.82) is 0 Å². The van der Waals surface area contributed by atoms with Crippen LogP contribution in [0, 0.1) is 0 Å². The number of carboxylic acid groups (broad SMARTS) is 1. The standard InChI is InChI=1S/C27H27Cl2N5O5/c28-18-8-7-15(12-19(18)29)31-27(39)34-14-21-17(16-4-1-2-5-20(16)32-21)13-23(34)26(38)33-11-3-6-22(33)25(37)30-10-9-24(35)36/h1-2,4-5,7-8,12,22-23,32H,3,6,9-11,13-14H2,(H,30,37)(H,31,39)(H,35,36)/t22-,23+/m0/s1. The first-order valence-corrected chi connectivity index (χ1v) is 13.4. The Morgan fingerprint density at radius 3 is 2.59 bits per heavy atom. The number of nitrogens with one attached hydrogen (secondary N) is 3. The number of hydrogen-bond donors (Lipinski definition) is 4. The second kappa shape index (κ2) is 11.2. The summed E-state index contributed by atoms with van der Waals surface area (Å²) in [7, 11) is 0. The summed E-state index contributed by atoms with van der Waals surface area (Å²) in [6, 6.07) is 10.4. The van der Waals surface area contributed by atoms with Crippen LogP contribution in [0.4, 0.5) is 10.5 Å². The van der Waals surface area contributed by atoms with Crippen molar-refractivity contribution in [1.82, 2.24) is 20.1 Å². The van der Waals surface area contributed by atoms with Crippen molar-refractivity contribution in [2.75, 3.05) is 18.4 Å². The Balaban J connectivity index is 1.42. The maximum atomic E-state index is 14.0. The number of nitrogens with zero attached hydrogens (tertiary/aromatic N) is 2. The van der Waals surface area contributed by atoms with Gasteiger partial charge in [-0.2, -0.15) is 0 Å². The minimum atomic E-state index is -1.02. The summed E-state index contributed by atoms with van der Waals surface area (Å²) >= 11 is 12.1. The molecular formula is C27H27Cl2N5O5. The zero-order valence-electron chi connectivity index (χ0n) is 20.9. The lowest BCUT2D eigenvalue weighted by Gasteiger charge is -2.38. The van der Waals surface area contributed by atoms with Gasteiger partial charge in [0.25, 0.3) is 0 Å². The average Bonchev–Trinajstić information content (AvgIpc) is 3.54. The van der Waals surface area contributed by atoms with Crippen molar-refractivity contribution in [2.45, 2.75) is 44.3 Å². The molecule has 2 aliphatic rings. The Hall–Kier alpha value is -3.76. The first-order valence-electron chi connectivity index (χ1n) is 12.6. The van der Waals surface area contributed by atoms with Crippen molar-refractivity contribution in [3.05, 3.63) is 63.8 Å². The summed E-state index contributed by atoms with van der Waals surface area (Å²) in [6.45, 7) is 0.513. The van der Waals surface area contributed by atoms with Gasteiger partial charge in [0.15, 0.2) is 0 Å². The molecule has 0 unspecified atom stereocenters. The van der Waals surface area contributed by atoms with Gasteiger partial charge >= 0.3 is 12.0 Å². The van der Waals surface area contributed by atoms with E-state index < -0.39 is 30.0 Å². The number of amides is 4.